The second-order valence-electron chi connectivity index (χ2n) is 4.01. The number of aryl methyl sites for hydroxylation is 1. The molecule has 3 heteroatoms. The molecular formula is C17H18N2O. The highest BCUT2D eigenvalue weighted by atomic mass is 16.5. The highest BCUT2D eigenvalue weighted by molar-refractivity contribution is 5.83. The van der Waals surface area contributed by atoms with Crippen molar-refractivity contribution in [3.05, 3.63) is 60.4 Å². The van der Waals surface area contributed by atoms with Gasteiger partial charge >= 0.3 is 0 Å². The number of nitrogens with zero attached hydrogens (tertiary/aromatic N) is 2. The van der Waals surface area contributed by atoms with Crippen molar-refractivity contribution in [2.24, 2.45) is 0 Å². The Morgan fingerprint density at radius 3 is 2.20 bits per heavy atom. The molecule has 0 N–H and O–H groups in total. The van der Waals surface area contributed by atoms with Gasteiger partial charge in [-0.05, 0) is 31.2 Å². The van der Waals surface area contributed by atoms with Crippen LogP contribution in [0.4, 0.5) is 0 Å². The molecule has 0 amide bonds. The average molecular weight is 266 g/mol. The van der Waals surface area contributed by atoms with E-state index in [0.29, 0.717) is 11.7 Å². The lowest BCUT2D eigenvalue weighted by Crippen LogP contribution is -1.94. The summed E-state index contributed by atoms with van der Waals surface area (Å²) in [5, 5.41) is 0.923. The van der Waals surface area contributed by atoms with E-state index in [1.165, 1.54) is 0 Å². The van der Waals surface area contributed by atoms with Crippen molar-refractivity contribution in [1.29, 1.82) is 0 Å². The van der Waals surface area contributed by atoms with Gasteiger partial charge in [-0.25, -0.2) is 4.98 Å². The molecule has 20 heavy (non-hydrogen) atoms. The van der Waals surface area contributed by atoms with Gasteiger partial charge in [0.25, 0.3) is 0 Å². The number of ether oxygens (including phenoxy) is 1. The van der Waals surface area contributed by atoms with E-state index in [2.05, 4.69) is 9.97 Å². The Kier molecular flexibility index (Phi) is 4.66. The second-order valence-corrected chi connectivity index (χ2v) is 4.01. The lowest BCUT2D eigenvalue weighted by atomic mass is 10.2. The van der Waals surface area contributed by atoms with Crippen LogP contribution < -0.4 is 4.74 Å². The molecule has 0 bridgehead atoms. The Hall–Kier alpha value is -2.42. The highest BCUT2D eigenvalue weighted by Gasteiger charge is 2.07. The summed E-state index contributed by atoms with van der Waals surface area (Å²) in [6.07, 6.45) is 0. The van der Waals surface area contributed by atoms with Gasteiger partial charge in [-0.1, -0.05) is 44.2 Å². The van der Waals surface area contributed by atoms with Crippen molar-refractivity contribution in [3.8, 4) is 11.6 Å². The third-order valence-electron chi connectivity index (χ3n) is 2.64. The molecule has 3 nitrogen and oxygen atoms in total. The molecule has 1 heterocycles. The zero-order valence-electron chi connectivity index (χ0n) is 12.0. The van der Waals surface area contributed by atoms with Crippen LogP contribution in [-0.2, 0) is 0 Å². The first-order chi connectivity index (χ1) is 9.83. The summed E-state index contributed by atoms with van der Waals surface area (Å²) in [5.41, 5.74) is 0.899. The van der Waals surface area contributed by atoms with E-state index in [0.717, 1.165) is 16.7 Å². The molecule has 0 spiro atoms. The summed E-state index contributed by atoms with van der Waals surface area (Å²) in [4.78, 5) is 8.75. The van der Waals surface area contributed by atoms with Crippen molar-refractivity contribution < 1.29 is 4.74 Å². The van der Waals surface area contributed by atoms with Gasteiger partial charge in [-0.3, -0.25) is 0 Å². The smallest absolute Gasteiger partial charge is 0.230 e. The van der Waals surface area contributed by atoms with E-state index < -0.39 is 0 Å². The Morgan fingerprint density at radius 2 is 1.45 bits per heavy atom. The number of para-hydroxylation sites is 2. The normalized spacial score (nSPS) is 9.75. The molecule has 3 aromatic rings. The monoisotopic (exact) mass is 266 g/mol. The summed E-state index contributed by atoms with van der Waals surface area (Å²) < 4.78 is 5.82. The number of hydrogen-bond acceptors (Lipinski definition) is 3. The van der Waals surface area contributed by atoms with Crippen molar-refractivity contribution >= 4 is 10.9 Å². The predicted molar refractivity (Wildman–Crippen MR) is 82.1 cm³/mol. The van der Waals surface area contributed by atoms with Crippen LogP contribution in [-0.4, -0.2) is 9.97 Å². The van der Waals surface area contributed by atoms with Crippen LogP contribution in [0.3, 0.4) is 0 Å². The van der Waals surface area contributed by atoms with Crippen molar-refractivity contribution in [2.45, 2.75) is 20.8 Å². The molecule has 0 aliphatic carbocycles. The van der Waals surface area contributed by atoms with Gasteiger partial charge in [0.1, 0.15) is 11.6 Å². The summed E-state index contributed by atoms with van der Waals surface area (Å²) in [6.45, 7) is 5.87. The minimum absolute atomic E-state index is 0.601. The summed E-state index contributed by atoms with van der Waals surface area (Å²) in [7, 11) is 0. The van der Waals surface area contributed by atoms with Crippen LogP contribution in [0.25, 0.3) is 10.9 Å². The largest absolute Gasteiger partial charge is 0.438 e. The van der Waals surface area contributed by atoms with Gasteiger partial charge < -0.3 is 4.74 Å². The van der Waals surface area contributed by atoms with Gasteiger partial charge in [0.2, 0.25) is 5.88 Å². The first kappa shape index (κ1) is 14.0. The van der Waals surface area contributed by atoms with Crippen LogP contribution in [0.5, 0.6) is 11.6 Å². The molecular weight excluding hydrogens is 248 g/mol. The maximum absolute atomic E-state index is 5.82. The lowest BCUT2D eigenvalue weighted by Gasteiger charge is -2.08. The highest BCUT2D eigenvalue weighted by Crippen LogP contribution is 2.26. The molecule has 0 radical (unpaired) electrons. The standard InChI is InChI=1S/C15H12N2O.C2H6/c1-11-16-14-10-6-5-9-13(14)15(17-11)18-12-7-3-2-4-8-12;1-2/h2-10H,1H3;1-2H3. The van der Waals surface area contributed by atoms with E-state index >= 15 is 0 Å². The molecule has 0 saturated heterocycles. The molecule has 0 aliphatic heterocycles. The van der Waals surface area contributed by atoms with E-state index in [9.17, 15) is 0 Å². The minimum atomic E-state index is 0.601. The molecule has 0 fully saturated rings. The third kappa shape index (κ3) is 3.12. The summed E-state index contributed by atoms with van der Waals surface area (Å²) >= 11 is 0. The Morgan fingerprint density at radius 1 is 0.800 bits per heavy atom. The van der Waals surface area contributed by atoms with Gasteiger partial charge in [0.05, 0.1) is 10.9 Å². The van der Waals surface area contributed by atoms with Gasteiger partial charge in [0, 0.05) is 0 Å². The van der Waals surface area contributed by atoms with Crippen LogP contribution in [0, 0.1) is 6.92 Å². The Balaban J connectivity index is 0.000000704. The number of fused-ring (bicyclic) bond motifs is 1. The molecule has 3 rings (SSSR count). The zero-order valence-corrected chi connectivity index (χ0v) is 12.0. The summed E-state index contributed by atoms with van der Waals surface area (Å²) in [6, 6.07) is 17.5. The molecule has 1 aromatic heterocycles. The lowest BCUT2D eigenvalue weighted by molar-refractivity contribution is 0.466. The fraction of sp³-hybridized carbons (Fsp3) is 0.176. The van der Waals surface area contributed by atoms with Gasteiger partial charge in [-0.15, -0.1) is 0 Å². The molecule has 0 atom stereocenters. The fourth-order valence-electron chi connectivity index (χ4n) is 1.84. The molecule has 102 valence electrons. The first-order valence-electron chi connectivity index (χ1n) is 6.79. The van der Waals surface area contributed by atoms with Gasteiger partial charge in [0.15, 0.2) is 0 Å². The topological polar surface area (TPSA) is 35.0 Å². The Labute approximate surface area is 119 Å². The Bertz CT molecular complexity index is 681. The SMILES string of the molecule is CC.Cc1nc(Oc2ccccc2)c2ccccc2n1. The molecule has 2 aromatic carbocycles. The van der Waals surface area contributed by atoms with E-state index in [-0.39, 0.29) is 0 Å². The van der Waals surface area contributed by atoms with Crippen LogP contribution >= 0.6 is 0 Å². The maximum Gasteiger partial charge on any atom is 0.230 e. The first-order valence-corrected chi connectivity index (χ1v) is 6.79. The van der Waals surface area contributed by atoms with Crippen molar-refractivity contribution in [3.63, 3.8) is 0 Å². The molecule has 0 saturated carbocycles. The van der Waals surface area contributed by atoms with E-state index in [1.54, 1.807) is 0 Å². The van der Waals surface area contributed by atoms with Crippen LogP contribution in [0.1, 0.15) is 19.7 Å². The summed E-state index contributed by atoms with van der Waals surface area (Å²) in [5.74, 6) is 2.09. The van der Waals surface area contributed by atoms with Crippen LogP contribution in [0.15, 0.2) is 54.6 Å². The fourth-order valence-corrected chi connectivity index (χ4v) is 1.84. The number of rotatable bonds is 2. The maximum atomic E-state index is 5.82. The molecule has 0 aliphatic rings. The van der Waals surface area contributed by atoms with Crippen LogP contribution in [0.2, 0.25) is 0 Å². The second kappa shape index (κ2) is 6.66. The minimum Gasteiger partial charge on any atom is -0.438 e. The molecule has 0 unspecified atom stereocenters. The third-order valence-corrected chi connectivity index (χ3v) is 2.64. The van der Waals surface area contributed by atoms with Crippen molar-refractivity contribution in [2.75, 3.05) is 0 Å². The number of benzene rings is 2. The van der Waals surface area contributed by atoms with Crippen molar-refractivity contribution in [1.82, 2.24) is 9.97 Å². The number of aromatic nitrogens is 2. The van der Waals surface area contributed by atoms with E-state index in [4.69, 9.17) is 4.74 Å². The van der Waals surface area contributed by atoms with Gasteiger partial charge in [-0.2, -0.15) is 4.98 Å². The number of hydrogen-bond donors (Lipinski definition) is 0. The average Bonchev–Trinajstić information content (AvgIpc) is 2.50. The zero-order chi connectivity index (χ0) is 14.4. The predicted octanol–water partition coefficient (Wildman–Crippen LogP) is 4.76. The van der Waals surface area contributed by atoms with E-state index in [1.807, 2.05) is 75.4 Å². The quantitative estimate of drug-likeness (QED) is 0.671.